The smallest absolute Gasteiger partial charge is 0.258 e. The average Bonchev–Trinajstić information content (AvgIpc) is 3.44. The van der Waals surface area contributed by atoms with E-state index >= 15 is 0 Å². The zero-order valence-electron chi connectivity index (χ0n) is 14.4. The summed E-state index contributed by atoms with van der Waals surface area (Å²) in [5.74, 6) is 1.80. The van der Waals surface area contributed by atoms with Gasteiger partial charge < -0.3 is 9.42 Å². The Labute approximate surface area is 151 Å². The van der Waals surface area contributed by atoms with Crippen molar-refractivity contribution in [2.75, 3.05) is 11.4 Å². The van der Waals surface area contributed by atoms with Crippen LogP contribution < -0.4 is 4.90 Å². The molecule has 3 aromatic rings. The number of anilines is 1. The quantitative estimate of drug-likeness (QED) is 0.713. The van der Waals surface area contributed by atoms with Gasteiger partial charge in [0, 0.05) is 29.3 Å². The van der Waals surface area contributed by atoms with E-state index in [4.69, 9.17) is 4.52 Å². The van der Waals surface area contributed by atoms with E-state index in [2.05, 4.69) is 16.2 Å². The fourth-order valence-corrected chi connectivity index (χ4v) is 3.51. The highest BCUT2D eigenvalue weighted by molar-refractivity contribution is 6.06. The number of benzene rings is 2. The van der Waals surface area contributed by atoms with E-state index in [0.29, 0.717) is 17.3 Å². The van der Waals surface area contributed by atoms with Gasteiger partial charge in [0.05, 0.1) is 0 Å². The van der Waals surface area contributed by atoms with Crippen LogP contribution >= 0.6 is 0 Å². The maximum atomic E-state index is 13.0. The average molecular weight is 345 g/mol. The SMILES string of the molecule is O=C(c1ccc(-c2noc(C3CC3)n2)cc1)N1CCCc2ccccc21. The third kappa shape index (κ3) is 2.69. The number of hydrogen-bond acceptors (Lipinski definition) is 4. The van der Waals surface area contributed by atoms with Crippen LogP contribution in [-0.4, -0.2) is 22.6 Å². The molecule has 1 aliphatic heterocycles. The Balaban J connectivity index is 1.39. The molecule has 0 bridgehead atoms. The van der Waals surface area contributed by atoms with E-state index in [1.54, 1.807) is 0 Å². The number of carbonyl (C=O) groups is 1. The summed E-state index contributed by atoms with van der Waals surface area (Å²) in [6.07, 6.45) is 4.28. The summed E-state index contributed by atoms with van der Waals surface area (Å²) in [4.78, 5) is 19.3. The van der Waals surface area contributed by atoms with Gasteiger partial charge in [0.25, 0.3) is 5.91 Å². The number of aryl methyl sites for hydroxylation is 1. The van der Waals surface area contributed by atoms with Crippen molar-refractivity contribution in [3.8, 4) is 11.4 Å². The van der Waals surface area contributed by atoms with Crippen molar-refractivity contribution in [2.24, 2.45) is 0 Å². The molecule has 1 saturated carbocycles. The van der Waals surface area contributed by atoms with Gasteiger partial charge >= 0.3 is 0 Å². The Morgan fingerprint density at radius 3 is 2.69 bits per heavy atom. The summed E-state index contributed by atoms with van der Waals surface area (Å²) in [6, 6.07) is 15.6. The Morgan fingerprint density at radius 2 is 1.88 bits per heavy atom. The lowest BCUT2D eigenvalue weighted by Crippen LogP contribution is -2.35. The van der Waals surface area contributed by atoms with E-state index in [-0.39, 0.29) is 5.91 Å². The zero-order chi connectivity index (χ0) is 17.5. The highest BCUT2D eigenvalue weighted by Gasteiger charge is 2.30. The molecule has 2 aliphatic rings. The first-order valence-corrected chi connectivity index (χ1v) is 9.13. The summed E-state index contributed by atoms with van der Waals surface area (Å²) >= 11 is 0. The van der Waals surface area contributed by atoms with Crippen LogP contribution in [0.2, 0.25) is 0 Å². The van der Waals surface area contributed by atoms with Gasteiger partial charge in [-0.2, -0.15) is 4.98 Å². The largest absolute Gasteiger partial charge is 0.339 e. The van der Waals surface area contributed by atoms with Gasteiger partial charge in [-0.1, -0.05) is 35.5 Å². The third-order valence-corrected chi connectivity index (χ3v) is 5.11. The molecule has 5 heteroatoms. The predicted octanol–water partition coefficient (Wildman–Crippen LogP) is 4.21. The van der Waals surface area contributed by atoms with Crippen molar-refractivity contribution in [1.29, 1.82) is 0 Å². The Kier molecular flexibility index (Phi) is 3.59. The lowest BCUT2D eigenvalue weighted by Gasteiger charge is -2.29. The third-order valence-electron chi connectivity index (χ3n) is 5.11. The van der Waals surface area contributed by atoms with Crippen molar-refractivity contribution in [2.45, 2.75) is 31.6 Å². The van der Waals surface area contributed by atoms with Crippen molar-refractivity contribution in [3.05, 3.63) is 65.5 Å². The summed E-state index contributed by atoms with van der Waals surface area (Å²) in [5.41, 5.74) is 3.82. The minimum Gasteiger partial charge on any atom is -0.339 e. The van der Waals surface area contributed by atoms with E-state index in [0.717, 1.165) is 49.4 Å². The molecule has 2 heterocycles. The van der Waals surface area contributed by atoms with Crippen molar-refractivity contribution < 1.29 is 9.32 Å². The zero-order valence-corrected chi connectivity index (χ0v) is 14.4. The Bertz CT molecular complexity index is 957. The summed E-state index contributed by atoms with van der Waals surface area (Å²) in [7, 11) is 0. The summed E-state index contributed by atoms with van der Waals surface area (Å²) in [6.45, 7) is 0.757. The Hall–Kier alpha value is -2.95. The van der Waals surface area contributed by atoms with Gasteiger partial charge in [-0.15, -0.1) is 0 Å². The highest BCUT2D eigenvalue weighted by atomic mass is 16.5. The van der Waals surface area contributed by atoms with Crippen LogP contribution in [0.4, 0.5) is 5.69 Å². The van der Waals surface area contributed by atoms with Crippen LogP contribution in [0.5, 0.6) is 0 Å². The molecule has 0 N–H and O–H groups in total. The van der Waals surface area contributed by atoms with Crippen molar-refractivity contribution >= 4 is 11.6 Å². The van der Waals surface area contributed by atoms with Gasteiger partial charge in [-0.05, 0) is 49.4 Å². The Morgan fingerprint density at radius 1 is 1.08 bits per heavy atom. The van der Waals surface area contributed by atoms with E-state index in [1.165, 1.54) is 5.56 Å². The topological polar surface area (TPSA) is 59.2 Å². The normalized spacial score (nSPS) is 16.4. The number of hydrogen-bond donors (Lipinski definition) is 0. The number of nitrogens with zero attached hydrogens (tertiary/aromatic N) is 3. The van der Waals surface area contributed by atoms with Crippen molar-refractivity contribution in [1.82, 2.24) is 10.1 Å². The fraction of sp³-hybridized carbons (Fsp3) is 0.286. The molecular weight excluding hydrogens is 326 g/mol. The number of aromatic nitrogens is 2. The first-order chi connectivity index (χ1) is 12.8. The molecule has 1 aromatic heterocycles. The second-order valence-electron chi connectivity index (χ2n) is 7.00. The van der Waals surface area contributed by atoms with E-state index < -0.39 is 0 Å². The minimum atomic E-state index is 0.0375. The van der Waals surface area contributed by atoms with Gasteiger partial charge in [-0.25, -0.2) is 0 Å². The second kappa shape index (κ2) is 6.09. The molecule has 0 saturated heterocycles. The van der Waals surface area contributed by atoms with E-state index in [9.17, 15) is 4.79 Å². The fourth-order valence-electron chi connectivity index (χ4n) is 3.51. The van der Waals surface area contributed by atoms with Crippen LogP contribution in [-0.2, 0) is 6.42 Å². The maximum absolute atomic E-state index is 13.0. The van der Waals surface area contributed by atoms with Crippen molar-refractivity contribution in [3.63, 3.8) is 0 Å². The standard InChI is InChI=1S/C21H19N3O2/c25-21(24-13-3-5-14-4-1-2-6-18(14)24)17-11-7-15(8-12-17)19-22-20(26-23-19)16-9-10-16/h1-2,4,6-8,11-12,16H,3,5,9-10,13H2. The van der Waals surface area contributed by atoms with Crippen LogP contribution in [0.25, 0.3) is 11.4 Å². The highest BCUT2D eigenvalue weighted by Crippen LogP contribution is 2.39. The lowest BCUT2D eigenvalue weighted by atomic mass is 10.0. The second-order valence-corrected chi connectivity index (χ2v) is 7.00. The molecule has 0 unspecified atom stereocenters. The molecule has 2 aromatic carbocycles. The number of rotatable bonds is 3. The molecule has 1 aliphatic carbocycles. The number of fused-ring (bicyclic) bond motifs is 1. The van der Waals surface area contributed by atoms with E-state index in [1.807, 2.05) is 47.4 Å². The molecule has 26 heavy (non-hydrogen) atoms. The predicted molar refractivity (Wildman–Crippen MR) is 98.1 cm³/mol. The lowest BCUT2D eigenvalue weighted by molar-refractivity contribution is 0.0985. The first kappa shape index (κ1) is 15.3. The van der Waals surface area contributed by atoms with Gasteiger partial charge in [0.1, 0.15) is 0 Å². The number of carbonyl (C=O) groups excluding carboxylic acids is 1. The van der Waals surface area contributed by atoms with Crippen LogP contribution in [0, 0.1) is 0 Å². The molecule has 0 radical (unpaired) electrons. The van der Waals surface area contributed by atoms with Crippen LogP contribution in [0.15, 0.2) is 53.1 Å². The monoisotopic (exact) mass is 345 g/mol. The summed E-state index contributed by atoms with van der Waals surface area (Å²) in [5, 5.41) is 4.06. The molecule has 5 rings (SSSR count). The molecule has 1 amide bonds. The number of amides is 1. The van der Waals surface area contributed by atoms with Gasteiger partial charge in [0.15, 0.2) is 0 Å². The molecule has 130 valence electrons. The minimum absolute atomic E-state index is 0.0375. The molecule has 0 atom stereocenters. The van der Waals surface area contributed by atoms with Gasteiger partial charge in [0.2, 0.25) is 11.7 Å². The molecular formula is C21H19N3O2. The molecule has 1 fully saturated rings. The molecule has 5 nitrogen and oxygen atoms in total. The van der Waals surface area contributed by atoms with Crippen LogP contribution in [0.3, 0.4) is 0 Å². The summed E-state index contributed by atoms with van der Waals surface area (Å²) < 4.78 is 5.32. The van der Waals surface area contributed by atoms with Gasteiger partial charge in [-0.3, -0.25) is 4.79 Å². The maximum Gasteiger partial charge on any atom is 0.258 e. The number of para-hydroxylation sites is 1. The first-order valence-electron chi connectivity index (χ1n) is 9.13. The molecule has 0 spiro atoms. The van der Waals surface area contributed by atoms with Crippen LogP contribution in [0.1, 0.15) is 47.0 Å².